The lowest BCUT2D eigenvalue weighted by Crippen LogP contribution is -2.66. The molecule has 1 N–H and O–H groups in total. The summed E-state index contributed by atoms with van der Waals surface area (Å²) in [6.07, 6.45) is 15.1. The van der Waals surface area contributed by atoms with Crippen molar-refractivity contribution in [3.63, 3.8) is 0 Å². The van der Waals surface area contributed by atoms with Crippen LogP contribution in [-0.2, 0) is 9.53 Å². The number of carbonyl (C=O) groups is 1. The van der Waals surface area contributed by atoms with Gasteiger partial charge in [-0.15, -0.1) is 0 Å². The van der Waals surface area contributed by atoms with Gasteiger partial charge >= 0.3 is 5.97 Å². The average Bonchev–Trinajstić information content (AvgIpc) is 3.06. The number of hydrogen-bond acceptors (Lipinski definition) is 6. The Labute approximate surface area is 230 Å². The van der Waals surface area contributed by atoms with Gasteiger partial charge in [0.25, 0.3) is 5.56 Å². The monoisotopic (exact) mass is 534 g/mol. The van der Waals surface area contributed by atoms with Crippen LogP contribution in [0.3, 0.4) is 0 Å². The largest absolute Gasteiger partial charge is 0.480 e. The quantitative estimate of drug-likeness (QED) is 0.600. The third kappa shape index (κ3) is 4.38. The molecule has 7 rings (SSSR count). The summed E-state index contributed by atoms with van der Waals surface area (Å²) in [4.78, 5) is 35.5. The molecule has 39 heavy (non-hydrogen) atoms. The van der Waals surface area contributed by atoms with E-state index in [-0.39, 0.29) is 17.4 Å². The van der Waals surface area contributed by atoms with E-state index < -0.39 is 18.1 Å². The zero-order valence-corrected chi connectivity index (χ0v) is 23.1. The van der Waals surface area contributed by atoms with Crippen LogP contribution in [0.5, 0.6) is 0 Å². The first-order chi connectivity index (χ1) is 19.0. The van der Waals surface area contributed by atoms with Gasteiger partial charge in [0.05, 0.1) is 11.0 Å². The molecule has 2 saturated carbocycles. The maximum absolute atomic E-state index is 14.2. The topological polar surface area (TPSA) is 87.9 Å². The van der Waals surface area contributed by atoms with Crippen molar-refractivity contribution < 1.29 is 14.6 Å². The highest BCUT2D eigenvalue weighted by molar-refractivity contribution is 5.83. The third-order valence-electron chi connectivity index (χ3n) is 10.8. The molecule has 0 radical (unpaired) electrons. The number of aromatic nitrogens is 2. The van der Waals surface area contributed by atoms with Gasteiger partial charge in [-0.3, -0.25) is 9.69 Å². The second-order valence-electron chi connectivity index (χ2n) is 13.0. The van der Waals surface area contributed by atoms with Crippen molar-refractivity contribution in [2.45, 2.75) is 113 Å². The number of aliphatic carboxylic acids is 1. The van der Waals surface area contributed by atoms with E-state index in [1.807, 2.05) is 28.8 Å². The molecule has 2 aliphatic carbocycles. The van der Waals surface area contributed by atoms with Gasteiger partial charge in [-0.2, -0.15) is 0 Å². The van der Waals surface area contributed by atoms with Gasteiger partial charge < -0.3 is 19.3 Å². The van der Waals surface area contributed by atoms with E-state index in [0.29, 0.717) is 24.7 Å². The van der Waals surface area contributed by atoms with Gasteiger partial charge in [-0.25, -0.2) is 9.78 Å². The molecule has 1 aromatic heterocycles. The number of para-hydroxylation sites is 2. The second-order valence-corrected chi connectivity index (χ2v) is 13.0. The fraction of sp³-hybridized carbons (Fsp3) is 0.710. The molecule has 1 aromatic carbocycles. The maximum Gasteiger partial charge on any atom is 0.329 e. The lowest BCUT2D eigenvalue weighted by Gasteiger charge is -2.54. The van der Waals surface area contributed by atoms with Crippen LogP contribution in [0.2, 0.25) is 0 Å². The summed E-state index contributed by atoms with van der Waals surface area (Å²) in [6.45, 7) is 0.363. The van der Waals surface area contributed by atoms with Crippen molar-refractivity contribution in [2.24, 2.45) is 11.8 Å². The van der Waals surface area contributed by atoms with E-state index in [4.69, 9.17) is 9.72 Å². The van der Waals surface area contributed by atoms with Crippen LogP contribution in [-0.4, -0.2) is 69.5 Å². The van der Waals surface area contributed by atoms with Crippen molar-refractivity contribution in [3.8, 4) is 0 Å². The Balaban J connectivity index is 1.22. The summed E-state index contributed by atoms with van der Waals surface area (Å²) in [5.74, 6) is 1.07. The molecule has 8 heteroatoms. The first kappa shape index (κ1) is 25.5. The predicted molar refractivity (Wildman–Crippen MR) is 150 cm³/mol. The molecule has 5 fully saturated rings. The average molecular weight is 535 g/mol. The van der Waals surface area contributed by atoms with E-state index in [0.717, 1.165) is 35.7 Å². The van der Waals surface area contributed by atoms with Crippen LogP contribution in [0.4, 0.5) is 5.82 Å². The number of piperidine rings is 2. The van der Waals surface area contributed by atoms with Crippen molar-refractivity contribution in [1.82, 2.24) is 14.5 Å². The smallest absolute Gasteiger partial charge is 0.329 e. The molecule has 4 bridgehead atoms. The molecule has 4 heterocycles. The highest BCUT2D eigenvalue weighted by Gasteiger charge is 2.48. The minimum Gasteiger partial charge on any atom is -0.480 e. The number of benzene rings is 1. The van der Waals surface area contributed by atoms with Crippen molar-refractivity contribution >= 4 is 22.8 Å². The molecular formula is C31H42N4O4. The van der Waals surface area contributed by atoms with Crippen molar-refractivity contribution in [3.05, 3.63) is 34.6 Å². The Hall–Kier alpha value is -2.45. The molecule has 5 aliphatic rings. The predicted octanol–water partition coefficient (Wildman–Crippen LogP) is 4.60. The molecule has 2 unspecified atom stereocenters. The van der Waals surface area contributed by atoms with Crippen LogP contribution in [0.1, 0.15) is 83.1 Å². The zero-order chi connectivity index (χ0) is 26.7. The van der Waals surface area contributed by atoms with E-state index >= 15 is 0 Å². The number of anilines is 1. The van der Waals surface area contributed by atoms with Crippen molar-refractivity contribution in [2.75, 3.05) is 18.6 Å². The number of methoxy groups -OCH3 is 1. The number of fused-ring (bicyclic) bond motifs is 5. The molecule has 6 atom stereocenters. The Morgan fingerprint density at radius 2 is 1.59 bits per heavy atom. The Morgan fingerprint density at radius 3 is 2.26 bits per heavy atom. The maximum atomic E-state index is 14.2. The molecule has 3 saturated heterocycles. The molecule has 0 amide bonds. The molecule has 2 aromatic rings. The number of carboxylic acid groups (broad SMARTS) is 1. The third-order valence-corrected chi connectivity index (χ3v) is 10.8. The molecule has 210 valence electrons. The summed E-state index contributed by atoms with van der Waals surface area (Å²) in [6, 6.07) is 8.81. The fourth-order valence-electron chi connectivity index (χ4n) is 9.18. The number of nitrogens with zero attached hydrogens (tertiary/aromatic N) is 4. The van der Waals surface area contributed by atoms with E-state index in [2.05, 4.69) is 4.90 Å². The Morgan fingerprint density at radius 1 is 0.897 bits per heavy atom. The van der Waals surface area contributed by atoms with Gasteiger partial charge in [0.15, 0.2) is 11.9 Å². The van der Waals surface area contributed by atoms with Gasteiger partial charge in [-0.05, 0) is 68.9 Å². The normalized spacial score (nSPS) is 36.8. The summed E-state index contributed by atoms with van der Waals surface area (Å²) < 4.78 is 7.36. The molecule has 3 aliphatic heterocycles. The summed E-state index contributed by atoms with van der Waals surface area (Å²) in [5, 5.41) is 9.86. The van der Waals surface area contributed by atoms with Crippen LogP contribution in [0, 0.1) is 11.8 Å². The van der Waals surface area contributed by atoms with Crippen LogP contribution < -0.4 is 10.5 Å². The number of rotatable bonds is 5. The minimum absolute atomic E-state index is 0.101. The second kappa shape index (κ2) is 10.2. The number of hydrogen-bond donors (Lipinski definition) is 1. The number of carboxylic acids is 1. The van der Waals surface area contributed by atoms with Gasteiger partial charge in [-0.1, -0.05) is 44.2 Å². The first-order valence-electron chi connectivity index (χ1n) is 15.3. The zero-order valence-electron chi connectivity index (χ0n) is 23.1. The van der Waals surface area contributed by atoms with Gasteiger partial charge in [0, 0.05) is 37.8 Å². The lowest BCUT2D eigenvalue weighted by atomic mass is 9.73. The van der Waals surface area contributed by atoms with Gasteiger partial charge in [0.2, 0.25) is 0 Å². The highest BCUT2D eigenvalue weighted by Crippen LogP contribution is 2.47. The van der Waals surface area contributed by atoms with Crippen LogP contribution in [0.25, 0.3) is 11.0 Å². The molecule has 0 spiro atoms. The van der Waals surface area contributed by atoms with E-state index in [1.54, 1.807) is 4.90 Å². The molecular weight excluding hydrogens is 492 g/mol. The first-order valence-corrected chi connectivity index (χ1v) is 15.3. The van der Waals surface area contributed by atoms with E-state index in [1.165, 1.54) is 71.3 Å². The lowest BCUT2D eigenvalue weighted by molar-refractivity contribution is -0.145. The van der Waals surface area contributed by atoms with Crippen molar-refractivity contribution in [1.29, 1.82) is 0 Å². The summed E-state index contributed by atoms with van der Waals surface area (Å²) >= 11 is 0. The standard InChI is InChI=1S/C31H42N4O4/c1-39-27-18-33(28(27)31(37)38)29-30(36)35(26-12-5-4-11-25(26)32-29)24-16-21-9-6-10-22(17-24)34(21)23-14-19-7-2-3-8-20(13-19)15-23/h4-5,11-12,19-24,27-28H,2-3,6-10,13-18H2,1H3,(H,37,38)/t19-,20-,21-,22-,27?,28?/m0/s1. The minimum atomic E-state index is -0.982. The summed E-state index contributed by atoms with van der Waals surface area (Å²) in [5.41, 5.74) is 1.46. The Bertz CT molecular complexity index is 1270. The highest BCUT2D eigenvalue weighted by atomic mass is 16.5. The van der Waals surface area contributed by atoms with Crippen LogP contribution in [0.15, 0.2) is 29.1 Å². The van der Waals surface area contributed by atoms with Gasteiger partial charge in [0.1, 0.15) is 6.10 Å². The summed E-state index contributed by atoms with van der Waals surface area (Å²) in [7, 11) is 1.53. The molecule has 8 nitrogen and oxygen atoms in total. The van der Waals surface area contributed by atoms with Crippen LogP contribution >= 0.6 is 0 Å². The Kier molecular flexibility index (Phi) is 6.66. The SMILES string of the molecule is COC1CN(c2nc3ccccc3n(C3C[C@@H]4CCC[C@@H](C3)N4C3C[C@H]4CCCC[C@H](C3)C4)c2=O)C1C(=O)O. The fourth-order valence-corrected chi connectivity index (χ4v) is 9.18. The van der Waals surface area contributed by atoms with E-state index in [9.17, 15) is 14.7 Å². The number of ether oxygens (including phenoxy) is 1.